The first-order chi connectivity index (χ1) is 6.17. The Morgan fingerprint density at radius 2 is 1.85 bits per heavy atom. The molecular formula is C8H12O5. The molecule has 0 N–H and O–H groups in total. The van der Waals surface area contributed by atoms with Crippen LogP contribution in [0.3, 0.4) is 0 Å². The zero-order valence-corrected chi connectivity index (χ0v) is 7.83. The molecule has 0 heterocycles. The Morgan fingerprint density at radius 1 is 1.23 bits per heavy atom. The fraction of sp³-hybridized carbons (Fsp3) is 0.500. The minimum Gasteiger partial charge on any atom is -0.503 e. The molecule has 5 heteroatoms. The lowest BCUT2D eigenvalue weighted by Gasteiger charge is -2.02. The molecule has 0 radical (unpaired) electrons. The molecule has 5 nitrogen and oxygen atoms in total. The number of hydrogen-bond donors (Lipinski definition) is 0. The van der Waals surface area contributed by atoms with Gasteiger partial charge in [-0.1, -0.05) is 0 Å². The van der Waals surface area contributed by atoms with E-state index in [1.807, 2.05) is 0 Å². The first-order valence-corrected chi connectivity index (χ1v) is 3.50. The van der Waals surface area contributed by atoms with Crippen molar-refractivity contribution in [3.05, 3.63) is 11.8 Å². The minimum absolute atomic E-state index is 0.160. The average Bonchev–Trinajstić information content (AvgIpc) is 2.13. The quantitative estimate of drug-likeness (QED) is 0.198. The first kappa shape index (κ1) is 11.6. The second-order valence-corrected chi connectivity index (χ2v) is 2.11. The molecule has 0 aromatic heterocycles. The zero-order valence-electron chi connectivity index (χ0n) is 7.83. The summed E-state index contributed by atoms with van der Waals surface area (Å²) in [6.07, 6.45) is 1.03. The van der Waals surface area contributed by atoms with Gasteiger partial charge < -0.3 is 14.2 Å². The van der Waals surface area contributed by atoms with E-state index < -0.39 is 11.8 Å². The molecule has 0 saturated carbocycles. The van der Waals surface area contributed by atoms with Gasteiger partial charge in [0.05, 0.1) is 14.2 Å². The minimum atomic E-state index is -0.733. The van der Waals surface area contributed by atoms with Crippen molar-refractivity contribution >= 4 is 11.8 Å². The third-order valence-corrected chi connectivity index (χ3v) is 1.22. The predicted molar refractivity (Wildman–Crippen MR) is 44.0 cm³/mol. The maximum atomic E-state index is 11.2. The molecule has 0 aliphatic carbocycles. The lowest BCUT2D eigenvalue weighted by molar-refractivity contribution is -0.138. The maximum absolute atomic E-state index is 11.2. The van der Waals surface area contributed by atoms with Gasteiger partial charge >= 0.3 is 5.97 Å². The van der Waals surface area contributed by atoms with Gasteiger partial charge in [-0.3, -0.25) is 4.79 Å². The van der Waals surface area contributed by atoms with Gasteiger partial charge in [-0.2, -0.15) is 0 Å². The summed E-state index contributed by atoms with van der Waals surface area (Å²) in [6.45, 7) is -0.176. The summed E-state index contributed by atoms with van der Waals surface area (Å²) in [6, 6.07) is 0. The van der Waals surface area contributed by atoms with Crippen LogP contribution in [0.4, 0.5) is 0 Å². The Kier molecular flexibility index (Phi) is 5.54. The van der Waals surface area contributed by atoms with Gasteiger partial charge in [0.15, 0.2) is 5.78 Å². The molecule has 0 fully saturated rings. The van der Waals surface area contributed by atoms with Crippen molar-refractivity contribution in [2.75, 3.05) is 27.9 Å². The van der Waals surface area contributed by atoms with E-state index in [1.54, 1.807) is 0 Å². The molecule has 0 rings (SSSR count). The maximum Gasteiger partial charge on any atom is 0.344 e. The van der Waals surface area contributed by atoms with Crippen molar-refractivity contribution in [2.45, 2.75) is 0 Å². The number of Topliss-reactive ketones (excluding diaryl/α,β-unsaturated/α-hetero) is 1. The van der Waals surface area contributed by atoms with Gasteiger partial charge in [0.25, 0.3) is 0 Å². The Labute approximate surface area is 76.3 Å². The molecule has 0 spiro atoms. The second kappa shape index (κ2) is 6.19. The summed E-state index contributed by atoms with van der Waals surface area (Å²) in [5, 5.41) is 0. The van der Waals surface area contributed by atoms with Crippen LogP contribution < -0.4 is 0 Å². The predicted octanol–water partition coefficient (Wildman–Crippen LogP) is -0.0948. The van der Waals surface area contributed by atoms with Gasteiger partial charge in [0.2, 0.25) is 0 Å². The van der Waals surface area contributed by atoms with E-state index in [-0.39, 0.29) is 12.2 Å². The topological polar surface area (TPSA) is 61.8 Å². The van der Waals surface area contributed by atoms with Crippen LogP contribution in [0.25, 0.3) is 0 Å². The number of carbonyl (C=O) groups is 2. The number of ketones is 1. The largest absolute Gasteiger partial charge is 0.503 e. The summed E-state index contributed by atoms with van der Waals surface area (Å²) in [7, 11) is 3.88. The number of esters is 1. The number of methoxy groups -OCH3 is 3. The average molecular weight is 188 g/mol. The van der Waals surface area contributed by atoms with E-state index in [9.17, 15) is 9.59 Å². The van der Waals surface area contributed by atoms with E-state index in [0.29, 0.717) is 0 Å². The van der Waals surface area contributed by atoms with Crippen LogP contribution in [-0.4, -0.2) is 39.7 Å². The SMILES string of the molecule is COC=C(C(=O)COC)C(=O)OC. The van der Waals surface area contributed by atoms with E-state index in [2.05, 4.69) is 14.2 Å². The van der Waals surface area contributed by atoms with Crippen LogP contribution in [0.15, 0.2) is 11.8 Å². The molecular weight excluding hydrogens is 176 g/mol. The van der Waals surface area contributed by atoms with Crippen molar-refractivity contribution in [1.29, 1.82) is 0 Å². The zero-order chi connectivity index (χ0) is 10.3. The fourth-order valence-electron chi connectivity index (χ4n) is 0.664. The van der Waals surface area contributed by atoms with Crippen LogP contribution in [-0.2, 0) is 23.8 Å². The van der Waals surface area contributed by atoms with Crippen molar-refractivity contribution < 1.29 is 23.8 Å². The van der Waals surface area contributed by atoms with Crippen molar-refractivity contribution in [1.82, 2.24) is 0 Å². The first-order valence-electron chi connectivity index (χ1n) is 3.50. The van der Waals surface area contributed by atoms with Gasteiger partial charge in [-0.05, 0) is 0 Å². The Morgan fingerprint density at radius 3 is 2.23 bits per heavy atom. The molecule has 0 atom stereocenters. The van der Waals surface area contributed by atoms with Crippen molar-refractivity contribution in [3.8, 4) is 0 Å². The van der Waals surface area contributed by atoms with E-state index in [4.69, 9.17) is 0 Å². The second-order valence-electron chi connectivity index (χ2n) is 2.11. The van der Waals surface area contributed by atoms with Gasteiger partial charge in [0, 0.05) is 7.11 Å². The summed E-state index contributed by atoms with van der Waals surface area (Å²) in [5.74, 6) is -1.21. The fourth-order valence-corrected chi connectivity index (χ4v) is 0.664. The lowest BCUT2D eigenvalue weighted by atomic mass is 10.2. The van der Waals surface area contributed by atoms with Crippen LogP contribution in [0.2, 0.25) is 0 Å². The summed E-state index contributed by atoms with van der Waals surface area (Å²) < 4.78 is 13.5. The molecule has 0 bridgehead atoms. The number of carbonyl (C=O) groups excluding carboxylic acids is 2. The van der Waals surface area contributed by atoms with Gasteiger partial charge in [-0.25, -0.2) is 4.79 Å². The Bertz CT molecular complexity index is 219. The third kappa shape index (κ3) is 3.71. The Balaban J connectivity index is 4.52. The Hall–Kier alpha value is -1.36. The highest BCUT2D eigenvalue weighted by Crippen LogP contribution is 2.00. The molecule has 0 saturated heterocycles. The molecule has 0 aliphatic rings. The highest BCUT2D eigenvalue weighted by Gasteiger charge is 2.18. The molecule has 74 valence electrons. The molecule has 0 aliphatic heterocycles. The summed E-state index contributed by atoms with van der Waals surface area (Å²) >= 11 is 0. The number of hydrogen-bond acceptors (Lipinski definition) is 5. The van der Waals surface area contributed by atoms with Crippen molar-refractivity contribution in [2.24, 2.45) is 0 Å². The van der Waals surface area contributed by atoms with Gasteiger partial charge in [-0.15, -0.1) is 0 Å². The standard InChI is InChI=1S/C8H12O5/c1-11-4-6(8(10)13-3)7(9)5-12-2/h4H,5H2,1-3H3. The number of rotatable bonds is 5. The lowest BCUT2D eigenvalue weighted by Crippen LogP contribution is -2.18. The highest BCUT2D eigenvalue weighted by atomic mass is 16.5. The van der Waals surface area contributed by atoms with Crippen LogP contribution in [0.5, 0.6) is 0 Å². The van der Waals surface area contributed by atoms with Crippen LogP contribution >= 0.6 is 0 Å². The molecule has 0 amide bonds. The molecule has 0 aromatic carbocycles. The number of ether oxygens (including phenoxy) is 3. The molecule has 0 aromatic rings. The molecule has 13 heavy (non-hydrogen) atoms. The summed E-state index contributed by atoms with van der Waals surface area (Å²) in [5.41, 5.74) is -0.160. The van der Waals surface area contributed by atoms with E-state index in [0.717, 1.165) is 6.26 Å². The molecule has 0 unspecified atom stereocenters. The summed E-state index contributed by atoms with van der Waals surface area (Å²) in [4.78, 5) is 22.1. The normalized spacial score (nSPS) is 10.8. The van der Waals surface area contributed by atoms with Gasteiger partial charge in [0.1, 0.15) is 18.4 Å². The highest BCUT2D eigenvalue weighted by molar-refractivity contribution is 6.17. The van der Waals surface area contributed by atoms with E-state index >= 15 is 0 Å². The van der Waals surface area contributed by atoms with Crippen LogP contribution in [0.1, 0.15) is 0 Å². The van der Waals surface area contributed by atoms with Crippen LogP contribution in [0, 0.1) is 0 Å². The van der Waals surface area contributed by atoms with E-state index in [1.165, 1.54) is 21.3 Å². The smallest absolute Gasteiger partial charge is 0.344 e. The van der Waals surface area contributed by atoms with Crippen molar-refractivity contribution in [3.63, 3.8) is 0 Å². The monoisotopic (exact) mass is 188 g/mol. The third-order valence-electron chi connectivity index (χ3n) is 1.22.